The summed E-state index contributed by atoms with van der Waals surface area (Å²) in [4.78, 5) is 19.3. The molecule has 62 heavy (non-hydrogen) atoms. The van der Waals surface area contributed by atoms with E-state index in [4.69, 9.17) is 15.0 Å². The van der Waals surface area contributed by atoms with Gasteiger partial charge in [0.1, 0.15) is 11.5 Å². The SMILES string of the molecule is c1ccc(-[n+]2c(-c3ccc(-c4nc5ccccc5n4-c4ccc(-c5nc(-c6ccc7ccccc7c6)cc(-c6ccc7ccccc7c6)n5)cc4)cc3)[nH]c3ccccc32)cc1. The van der Waals surface area contributed by atoms with Crippen LogP contribution in [0.25, 0.3) is 112 Å². The Morgan fingerprint density at radius 3 is 1.65 bits per heavy atom. The fourth-order valence-corrected chi connectivity index (χ4v) is 8.71. The summed E-state index contributed by atoms with van der Waals surface area (Å²) < 4.78 is 4.53. The molecule has 0 saturated carbocycles. The summed E-state index contributed by atoms with van der Waals surface area (Å²) in [6, 6.07) is 76.6. The number of para-hydroxylation sites is 5. The lowest BCUT2D eigenvalue weighted by atomic mass is 10.0. The molecule has 1 N–H and O–H groups in total. The van der Waals surface area contributed by atoms with Crippen LogP contribution in [0.1, 0.15) is 0 Å². The number of hydrogen-bond donors (Lipinski definition) is 1. The van der Waals surface area contributed by atoms with Crippen LogP contribution in [-0.2, 0) is 0 Å². The van der Waals surface area contributed by atoms with Crippen LogP contribution >= 0.6 is 0 Å². The highest BCUT2D eigenvalue weighted by Crippen LogP contribution is 2.34. The first-order valence-electron chi connectivity index (χ1n) is 20.8. The molecule has 0 unspecified atom stereocenters. The largest absolute Gasteiger partial charge is 0.292 e. The predicted molar refractivity (Wildman–Crippen MR) is 252 cm³/mol. The zero-order valence-electron chi connectivity index (χ0n) is 33.5. The molecule has 6 heteroatoms. The first kappa shape index (κ1) is 35.5. The van der Waals surface area contributed by atoms with Crippen LogP contribution < -0.4 is 4.57 Å². The molecule has 12 rings (SSSR count). The first-order chi connectivity index (χ1) is 30.7. The molecular formula is C56H37N6+. The Bertz CT molecular complexity index is 3520. The molecule has 0 aliphatic carbocycles. The van der Waals surface area contributed by atoms with E-state index in [1.54, 1.807) is 0 Å². The lowest BCUT2D eigenvalue weighted by Crippen LogP contribution is -2.31. The minimum atomic E-state index is 0.668. The van der Waals surface area contributed by atoms with Crippen molar-refractivity contribution in [3.63, 3.8) is 0 Å². The van der Waals surface area contributed by atoms with Crippen molar-refractivity contribution in [2.24, 2.45) is 0 Å². The highest BCUT2D eigenvalue weighted by molar-refractivity contribution is 5.90. The van der Waals surface area contributed by atoms with Gasteiger partial charge in [-0.05, 0) is 113 Å². The number of nitrogens with one attached hydrogen (secondary N) is 1. The Hall–Kier alpha value is -8.48. The van der Waals surface area contributed by atoms with Gasteiger partial charge < -0.3 is 0 Å². The summed E-state index contributed by atoms with van der Waals surface area (Å²) in [5.41, 5.74) is 13.1. The third-order valence-corrected chi connectivity index (χ3v) is 11.8. The normalized spacial score (nSPS) is 11.5. The molecule has 9 aromatic carbocycles. The van der Waals surface area contributed by atoms with Gasteiger partial charge in [-0.3, -0.25) is 4.57 Å². The van der Waals surface area contributed by atoms with Gasteiger partial charge in [-0.25, -0.2) is 19.9 Å². The second kappa shape index (κ2) is 14.7. The zero-order valence-corrected chi connectivity index (χ0v) is 33.5. The van der Waals surface area contributed by atoms with E-state index in [9.17, 15) is 0 Å². The molecule has 0 aliphatic heterocycles. The third kappa shape index (κ3) is 6.21. The highest BCUT2D eigenvalue weighted by Gasteiger charge is 2.23. The van der Waals surface area contributed by atoms with E-state index in [-0.39, 0.29) is 0 Å². The van der Waals surface area contributed by atoms with Crippen molar-refractivity contribution in [2.75, 3.05) is 0 Å². The number of nitrogens with zero attached hydrogens (tertiary/aromatic N) is 5. The maximum Gasteiger partial charge on any atom is 0.292 e. The number of aromatic nitrogens is 6. The van der Waals surface area contributed by atoms with Crippen molar-refractivity contribution in [3.05, 3.63) is 218 Å². The Labute approximate surface area is 357 Å². The highest BCUT2D eigenvalue weighted by atomic mass is 15.1. The molecule has 0 aliphatic rings. The second-order valence-electron chi connectivity index (χ2n) is 15.6. The van der Waals surface area contributed by atoms with Gasteiger partial charge in [0, 0.05) is 27.9 Å². The number of fused-ring (bicyclic) bond motifs is 4. The van der Waals surface area contributed by atoms with Gasteiger partial charge in [0.15, 0.2) is 16.9 Å². The van der Waals surface area contributed by atoms with Gasteiger partial charge >= 0.3 is 0 Å². The lowest BCUT2D eigenvalue weighted by molar-refractivity contribution is -0.554. The van der Waals surface area contributed by atoms with Gasteiger partial charge in [-0.2, -0.15) is 4.57 Å². The smallest absolute Gasteiger partial charge is 0.292 e. The minimum absolute atomic E-state index is 0.668. The Morgan fingerprint density at radius 2 is 0.952 bits per heavy atom. The van der Waals surface area contributed by atoms with Crippen LogP contribution in [0.2, 0.25) is 0 Å². The molecular weight excluding hydrogens is 757 g/mol. The first-order valence-corrected chi connectivity index (χ1v) is 20.8. The van der Waals surface area contributed by atoms with Crippen molar-refractivity contribution >= 4 is 43.6 Å². The van der Waals surface area contributed by atoms with Crippen LogP contribution in [0.4, 0.5) is 0 Å². The molecule has 0 atom stereocenters. The van der Waals surface area contributed by atoms with E-state index in [0.29, 0.717) is 5.82 Å². The summed E-state index contributed by atoms with van der Waals surface area (Å²) in [6.45, 7) is 0. The summed E-state index contributed by atoms with van der Waals surface area (Å²) in [5.74, 6) is 2.55. The number of imidazole rings is 2. The zero-order chi connectivity index (χ0) is 41.0. The summed E-state index contributed by atoms with van der Waals surface area (Å²) in [7, 11) is 0. The summed E-state index contributed by atoms with van der Waals surface area (Å²) >= 11 is 0. The average Bonchev–Trinajstić information content (AvgIpc) is 3.94. The Balaban J connectivity index is 0.944. The molecule has 0 bridgehead atoms. The average molecular weight is 794 g/mol. The maximum absolute atomic E-state index is 5.21. The maximum atomic E-state index is 5.21. The molecule has 6 nitrogen and oxygen atoms in total. The molecule has 0 radical (unpaired) electrons. The number of hydrogen-bond acceptors (Lipinski definition) is 3. The molecule has 3 aromatic heterocycles. The van der Waals surface area contributed by atoms with Crippen molar-refractivity contribution in [1.82, 2.24) is 24.5 Å². The van der Waals surface area contributed by atoms with Crippen LogP contribution in [0.3, 0.4) is 0 Å². The Kier molecular flexibility index (Phi) is 8.38. The van der Waals surface area contributed by atoms with Crippen LogP contribution in [0.15, 0.2) is 218 Å². The van der Waals surface area contributed by atoms with Gasteiger partial charge in [-0.15, -0.1) is 0 Å². The second-order valence-corrected chi connectivity index (χ2v) is 15.6. The molecule has 290 valence electrons. The Morgan fingerprint density at radius 1 is 0.403 bits per heavy atom. The van der Waals surface area contributed by atoms with E-state index >= 15 is 0 Å². The fraction of sp³-hybridized carbons (Fsp3) is 0. The molecule has 0 spiro atoms. The van der Waals surface area contributed by atoms with Crippen molar-refractivity contribution in [3.8, 4) is 68.1 Å². The predicted octanol–water partition coefficient (Wildman–Crippen LogP) is 13.2. The minimum Gasteiger partial charge on any atom is -0.292 e. The molecule has 0 amide bonds. The van der Waals surface area contributed by atoms with Crippen LogP contribution in [-0.4, -0.2) is 24.5 Å². The summed E-state index contributed by atoms with van der Waals surface area (Å²) in [5, 5.41) is 4.74. The van der Waals surface area contributed by atoms with Crippen LogP contribution in [0, 0.1) is 0 Å². The standard InChI is InChI=1S/C56H36N6/c1-2-16-46(17-3-1)61-52-20-10-8-18-48(52)59-55(61)40-24-26-41(27-25-40)56-60-49-19-9-11-21-53(49)62(56)47-32-30-39(31-33-47)54-57-50(44-28-22-37-12-4-6-14-42(37)34-44)36-51(58-54)45-29-23-38-13-5-7-15-43(38)35-45/h1-36H/p+1. The van der Waals surface area contributed by atoms with E-state index in [0.717, 1.165) is 84.3 Å². The van der Waals surface area contributed by atoms with E-state index in [1.807, 2.05) is 6.07 Å². The van der Waals surface area contributed by atoms with Gasteiger partial charge in [0.05, 0.1) is 28.0 Å². The fourth-order valence-electron chi connectivity index (χ4n) is 8.71. The monoisotopic (exact) mass is 793 g/mol. The number of rotatable bonds is 7. The van der Waals surface area contributed by atoms with Crippen molar-refractivity contribution in [2.45, 2.75) is 0 Å². The molecule has 0 saturated heterocycles. The van der Waals surface area contributed by atoms with E-state index < -0.39 is 0 Å². The summed E-state index contributed by atoms with van der Waals surface area (Å²) in [6.07, 6.45) is 0. The number of aromatic amines is 1. The number of benzene rings is 9. The third-order valence-electron chi connectivity index (χ3n) is 11.8. The van der Waals surface area contributed by atoms with Crippen LogP contribution in [0.5, 0.6) is 0 Å². The molecule has 3 heterocycles. The quantitative estimate of drug-likeness (QED) is 0.163. The van der Waals surface area contributed by atoms with E-state index in [2.05, 4.69) is 226 Å². The van der Waals surface area contributed by atoms with E-state index in [1.165, 1.54) is 21.5 Å². The topological polar surface area (TPSA) is 63.3 Å². The van der Waals surface area contributed by atoms with Gasteiger partial charge in [0.25, 0.3) is 5.82 Å². The van der Waals surface area contributed by atoms with Gasteiger partial charge in [-0.1, -0.05) is 127 Å². The number of H-pyrrole nitrogens is 1. The lowest BCUT2D eigenvalue weighted by Gasteiger charge is -2.13. The van der Waals surface area contributed by atoms with Crippen molar-refractivity contribution in [1.29, 1.82) is 0 Å². The molecule has 12 aromatic rings. The molecule has 0 fully saturated rings. The van der Waals surface area contributed by atoms with Gasteiger partial charge in [0.2, 0.25) is 0 Å². The van der Waals surface area contributed by atoms with Crippen molar-refractivity contribution < 1.29 is 4.57 Å².